The molecular formula is C21H22ClN3OS. The number of hydrogen-bond donors (Lipinski definition) is 0. The van der Waals surface area contributed by atoms with E-state index < -0.39 is 0 Å². The van der Waals surface area contributed by atoms with Gasteiger partial charge in [-0.1, -0.05) is 55.0 Å². The van der Waals surface area contributed by atoms with Gasteiger partial charge in [0.05, 0.1) is 10.2 Å². The first kappa shape index (κ1) is 18.3. The number of benzene rings is 2. The lowest BCUT2D eigenvalue weighted by Crippen LogP contribution is -2.48. The number of halogens is 1. The number of aromatic nitrogens is 1. The van der Waals surface area contributed by atoms with Gasteiger partial charge in [-0.05, 0) is 35.7 Å². The van der Waals surface area contributed by atoms with Crippen molar-refractivity contribution in [3.8, 4) is 0 Å². The minimum atomic E-state index is 0.0449. The van der Waals surface area contributed by atoms with Crippen LogP contribution in [0.1, 0.15) is 35.7 Å². The molecule has 0 bridgehead atoms. The Morgan fingerprint density at radius 1 is 1.11 bits per heavy atom. The van der Waals surface area contributed by atoms with Crippen LogP contribution in [-0.2, 0) is 0 Å². The van der Waals surface area contributed by atoms with Gasteiger partial charge in [0.1, 0.15) is 0 Å². The van der Waals surface area contributed by atoms with Gasteiger partial charge in [0.25, 0.3) is 5.91 Å². The molecule has 27 heavy (non-hydrogen) atoms. The van der Waals surface area contributed by atoms with Gasteiger partial charge in [-0.2, -0.15) is 0 Å². The Kier molecular flexibility index (Phi) is 5.06. The molecule has 0 unspecified atom stereocenters. The van der Waals surface area contributed by atoms with E-state index in [4.69, 9.17) is 16.6 Å². The second-order valence-corrected chi connectivity index (χ2v) is 8.58. The summed E-state index contributed by atoms with van der Waals surface area (Å²) in [4.78, 5) is 21.8. The normalized spacial score (nSPS) is 15.0. The summed E-state index contributed by atoms with van der Waals surface area (Å²) in [6.07, 6.45) is 0. The third-order valence-corrected chi connectivity index (χ3v) is 6.29. The van der Waals surface area contributed by atoms with Gasteiger partial charge >= 0.3 is 0 Å². The first-order valence-corrected chi connectivity index (χ1v) is 10.4. The standard InChI is InChI=1S/C21H22ClN3OS/c1-14(2)17-7-4-8-18-19(17)23-21(27-18)25-11-9-24(10-12-25)20(26)15-5-3-6-16(22)13-15/h3-8,13-14H,9-12H2,1-2H3. The highest BCUT2D eigenvalue weighted by molar-refractivity contribution is 7.22. The zero-order valence-electron chi connectivity index (χ0n) is 15.5. The largest absolute Gasteiger partial charge is 0.345 e. The average Bonchev–Trinajstić information content (AvgIpc) is 3.11. The van der Waals surface area contributed by atoms with Crippen LogP contribution >= 0.6 is 22.9 Å². The fourth-order valence-corrected chi connectivity index (χ4v) is 4.71. The van der Waals surface area contributed by atoms with E-state index in [1.807, 2.05) is 17.0 Å². The molecule has 1 aromatic heterocycles. The highest BCUT2D eigenvalue weighted by Crippen LogP contribution is 2.33. The molecule has 1 saturated heterocycles. The van der Waals surface area contributed by atoms with Crippen LogP contribution in [0.4, 0.5) is 5.13 Å². The van der Waals surface area contributed by atoms with Crippen LogP contribution < -0.4 is 4.90 Å². The van der Waals surface area contributed by atoms with Crippen molar-refractivity contribution in [3.05, 3.63) is 58.6 Å². The van der Waals surface area contributed by atoms with Crippen LogP contribution in [-0.4, -0.2) is 42.0 Å². The van der Waals surface area contributed by atoms with E-state index in [0.717, 1.165) is 23.7 Å². The van der Waals surface area contributed by atoms with Crippen LogP contribution in [0, 0.1) is 0 Å². The molecule has 2 heterocycles. The van der Waals surface area contributed by atoms with Gasteiger partial charge in [0, 0.05) is 36.8 Å². The number of fused-ring (bicyclic) bond motifs is 1. The fraction of sp³-hybridized carbons (Fsp3) is 0.333. The zero-order chi connectivity index (χ0) is 19.0. The van der Waals surface area contributed by atoms with Crippen LogP contribution in [0.3, 0.4) is 0 Å². The summed E-state index contributed by atoms with van der Waals surface area (Å²) in [6, 6.07) is 13.6. The number of carbonyl (C=O) groups excluding carboxylic acids is 1. The van der Waals surface area contributed by atoms with Crippen LogP contribution in [0.15, 0.2) is 42.5 Å². The number of piperazine rings is 1. The van der Waals surface area contributed by atoms with Crippen molar-refractivity contribution in [1.82, 2.24) is 9.88 Å². The predicted molar refractivity (Wildman–Crippen MR) is 113 cm³/mol. The van der Waals surface area contributed by atoms with Gasteiger partial charge in [-0.3, -0.25) is 4.79 Å². The lowest BCUT2D eigenvalue weighted by molar-refractivity contribution is 0.0747. The number of carbonyl (C=O) groups is 1. The topological polar surface area (TPSA) is 36.4 Å². The van der Waals surface area contributed by atoms with Gasteiger partial charge in [0.2, 0.25) is 0 Å². The molecule has 4 rings (SSSR count). The molecule has 140 valence electrons. The van der Waals surface area contributed by atoms with Crippen molar-refractivity contribution in [2.24, 2.45) is 0 Å². The molecule has 2 aromatic carbocycles. The first-order valence-electron chi connectivity index (χ1n) is 9.22. The summed E-state index contributed by atoms with van der Waals surface area (Å²) in [5.74, 6) is 0.499. The zero-order valence-corrected chi connectivity index (χ0v) is 17.1. The molecular weight excluding hydrogens is 378 g/mol. The average molecular weight is 400 g/mol. The van der Waals surface area contributed by atoms with Gasteiger partial charge < -0.3 is 9.80 Å². The Balaban J connectivity index is 1.49. The molecule has 0 atom stereocenters. The maximum absolute atomic E-state index is 12.7. The van der Waals surface area contributed by atoms with Crippen LogP contribution in [0.2, 0.25) is 5.02 Å². The fourth-order valence-electron chi connectivity index (χ4n) is 3.46. The smallest absolute Gasteiger partial charge is 0.254 e. The van der Waals surface area contributed by atoms with Crippen molar-refractivity contribution in [1.29, 1.82) is 0 Å². The Morgan fingerprint density at radius 2 is 1.85 bits per heavy atom. The summed E-state index contributed by atoms with van der Waals surface area (Å²) in [5, 5.41) is 1.64. The van der Waals surface area contributed by atoms with E-state index in [9.17, 15) is 4.79 Å². The van der Waals surface area contributed by atoms with E-state index in [2.05, 4.69) is 36.9 Å². The number of hydrogen-bond acceptors (Lipinski definition) is 4. The Hall–Kier alpha value is -2.11. The SMILES string of the molecule is CC(C)c1cccc2sc(N3CCN(C(=O)c4cccc(Cl)c4)CC3)nc12. The Bertz CT molecular complexity index is 976. The van der Waals surface area contributed by atoms with Gasteiger partial charge in [0.15, 0.2) is 5.13 Å². The number of thiazole rings is 1. The third kappa shape index (κ3) is 3.66. The lowest BCUT2D eigenvalue weighted by Gasteiger charge is -2.34. The minimum absolute atomic E-state index is 0.0449. The molecule has 3 aromatic rings. The summed E-state index contributed by atoms with van der Waals surface area (Å²) >= 11 is 7.76. The summed E-state index contributed by atoms with van der Waals surface area (Å²) < 4.78 is 1.23. The number of anilines is 1. The van der Waals surface area contributed by atoms with Crippen molar-refractivity contribution < 1.29 is 4.79 Å². The van der Waals surface area contributed by atoms with E-state index >= 15 is 0 Å². The number of nitrogens with zero attached hydrogens (tertiary/aromatic N) is 3. The van der Waals surface area contributed by atoms with Crippen molar-refractivity contribution >= 4 is 44.2 Å². The molecule has 6 heteroatoms. The Morgan fingerprint density at radius 3 is 2.56 bits per heavy atom. The number of amides is 1. The van der Waals surface area contributed by atoms with Crippen molar-refractivity contribution in [2.45, 2.75) is 19.8 Å². The molecule has 0 radical (unpaired) electrons. The van der Waals surface area contributed by atoms with Gasteiger partial charge in [-0.15, -0.1) is 0 Å². The van der Waals surface area contributed by atoms with Crippen molar-refractivity contribution in [2.75, 3.05) is 31.1 Å². The van der Waals surface area contributed by atoms with E-state index in [-0.39, 0.29) is 5.91 Å². The molecule has 0 saturated carbocycles. The van der Waals surface area contributed by atoms with Crippen LogP contribution in [0.25, 0.3) is 10.2 Å². The number of rotatable bonds is 3. The van der Waals surface area contributed by atoms with E-state index in [1.54, 1.807) is 23.5 Å². The first-order chi connectivity index (χ1) is 13.0. The summed E-state index contributed by atoms with van der Waals surface area (Å²) in [6.45, 7) is 7.38. The molecule has 1 amide bonds. The minimum Gasteiger partial charge on any atom is -0.345 e. The second kappa shape index (κ2) is 7.49. The summed E-state index contributed by atoms with van der Waals surface area (Å²) in [5.41, 5.74) is 3.06. The molecule has 0 spiro atoms. The Labute approximate surface area is 168 Å². The van der Waals surface area contributed by atoms with Crippen molar-refractivity contribution in [3.63, 3.8) is 0 Å². The highest BCUT2D eigenvalue weighted by atomic mass is 35.5. The quantitative estimate of drug-likeness (QED) is 0.619. The second-order valence-electron chi connectivity index (χ2n) is 7.13. The highest BCUT2D eigenvalue weighted by Gasteiger charge is 2.24. The lowest BCUT2D eigenvalue weighted by atomic mass is 10.0. The molecule has 4 nitrogen and oxygen atoms in total. The predicted octanol–water partition coefficient (Wildman–Crippen LogP) is 5.04. The van der Waals surface area contributed by atoms with Gasteiger partial charge in [-0.25, -0.2) is 4.98 Å². The maximum Gasteiger partial charge on any atom is 0.254 e. The molecule has 1 aliphatic rings. The monoisotopic (exact) mass is 399 g/mol. The van der Waals surface area contributed by atoms with E-state index in [0.29, 0.717) is 29.6 Å². The van der Waals surface area contributed by atoms with Crippen LogP contribution in [0.5, 0.6) is 0 Å². The molecule has 0 aliphatic carbocycles. The van der Waals surface area contributed by atoms with E-state index in [1.165, 1.54) is 10.3 Å². The molecule has 0 N–H and O–H groups in total. The third-order valence-electron chi connectivity index (χ3n) is 4.97. The maximum atomic E-state index is 12.7. The molecule has 1 fully saturated rings. The summed E-state index contributed by atoms with van der Waals surface area (Å²) in [7, 11) is 0. The number of para-hydroxylation sites is 1. The molecule has 1 aliphatic heterocycles.